The molecule has 0 aliphatic heterocycles. The predicted molar refractivity (Wildman–Crippen MR) is 75.5 cm³/mol. The number of hydrogen-bond acceptors (Lipinski definition) is 6. The zero-order valence-electron chi connectivity index (χ0n) is 15.9. The summed E-state index contributed by atoms with van der Waals surface area (Å²) in [4.78, 5) is 20.0. The van der Waals surface area contributed by atoms with Crippen molar-refractivity contribution in [1.82, 2.24) is 5.32 Å². The quantitative estimate of drug-likeness (QED) is 0.355. The number of aliphatic hydroxyl groups is 1. The van der Waals surface area contributed by atoms with Crippen molar-refractivity contribution in [2.75, 3.05) is 0 Å². The third kappa shape index (κ3) is 14.4. The van der Waals surface area contributed by atoms with Gasteiger partial charge in [0, 0.05) is 0 Å². The fraction of sp³-hybridized carbons (Fsp3) is 0.467. The molecule has 12 heteroatoms. The topological polar surface area (TPSA) is 122 Å². The standard InChI is InChI=1S/C14H18F3NO3.CH2O3.2K/c1-7(19)12(18-13(20)21-14(2,3)4)8-5-9(15)11(17)10(16)6-8;2-1(3)4;;/h5-7,12,19H,1-4H3,(H,18,20);(H2,2,3,4);;/q;;2*+1/p-2/t7-,12+;;;/m1.../s1. The molecule has 0 heterocycles. The maximum absolute atomic E-state index is 13.2. The van der Waals surface area contributed by atoms with Crippen molar-refractivity contribution in [3.05, 3.63) is 35.1 Å². The summed E-state index contributed by atoms with van der Waals surface area (Å²) >= 11 is 0. The van der Waals surface area contributed by atoms with Crippen molar-refractivity contribution in [3.8, 4) is 0 Å². The largest absolute Gasteiger partial charge is 1.00 e. The molecule has 0 saturated heterocycles. The molecule has 0 aromatic heterocycles. The SMILES string of the molecule is C[C@@H](O)[C@H](NC(=O)OC(C)(C)C)c1cc(F)c(F)c(F)c1.O=C([O-])[O-].[K+].[K+]. The van der Waals surface area contributed by atoms with Crippen molar-refractivity contribution in [3.63, 3.8) is 0 Å². The first-order valence-electron chi connectivity index (χ1n) is 6.94. The molecule has 142 valence electrons. The minimum atomic E-state index is -2.33. The molecule has 0 fully saturated rings. The Morgan fingerprint density at radius 2 is 1.48 bits per heavy atom. The Morgan fingerprint density at radius 3 is 1.78 bits per heavy atom. The third-order valence-electron chi connectivity index (χ3n) is 2.52. The summed E-state index contributed by atoms with van der Waals surface area (Å²) < 4.78 is 44.4. The molecule has 1 aromatic rings. The van der Waals surface area contributed by atoms with Gasteiger partial charge in [-0.2, -0.15) is 0 Å². The predicted octanol–water partition coefficient (Wildman–Crippen LogP) is -5.39. The molecular formula is C15H18F3K2NO6. The van der Waals surface area contributed by atoms with Crippen molar-refractivity contribution < 1.29 is 146 Å². The van der Waals surface area contributed by atoms with Gasteiger partial charge in [-0.3, -0.25) is 0 Å². The monoisotopic (exact) mass is 443 g/mol. The smallest absolute Gasteiger partial charge is 0.652 e. The number of nitrogens with one attached hydrogen (secondary N) is 1. The molecular weight excluding hydrogens is 425 g/mol. The fourth-order valence-corrected chi connectivity index (χ4v) is 1.67. The Hall–Kier alpha value is 0.783. The minimum Gasteiger partial charge on any atom is -0.652 e. The average molecular weight is 444 g/mol. The van der Waals surface area contributed by atoms with Crippen LogP contribution in [0.1, 0.15) is 39.3 Å². The van der Waals surface area contributed by atoms with Gasteiger partial charge in [0.15, 0.2) is 17.5 Å². The molecule has 0 bridgehead atoms. The van der Waals surface area contributed by atoms with Gasteiger partial charge >= 0.3 is 109 Å². The van der Waals surface area contributed by atoms with Crippen LogP contribution in [0.3, 0.4) is 0 Å². The zero-order chi connectivity index (χ0) is 19.9. The second-order valence-electron chi connectivity index (χ2n) is 5.91. The Balaban J connectivity index is -0.000000871. The molecule has 0 spiro atoms. The number of hydrogen-bond donors (Lipinski definition) is 2. The number of carbonyl (C=O) groups is 2. The van der Waals surface area contributed by atoms with E-state index in [-0.39, 0.29) is 108 Å². The molecule has 0 saturated carbocycles. The van der Waals surface area contributed by atoms with E-state index in [0.29, 0.717) is 12.1 Å². The third-order valence-corrected chi connectivity index (χ3v) is 2.52. The van der Waals surface area contributed by atoms with Gasteiger partial charge in [-0.1, -0.05) is 0 Å². The van der Waals surface area contributed by atoms with E-state index in [1.54, 1.807) is 20.8 Å². The summed E-state index contributed by atoms with van der Waals surface area (Å²) in [5, 5.41) is 28.6. The first-order chi connectivity index (χ1) is 11.2. The minimum absolute atomic E-state index is 0. The van der Waals surface area contributed by atoms with E-state index in [9.17, 15) is 23.1 Å². The summed E-state index contributed by atoms with van der Waals surface area (Å²) in [6.45, 7) is 6.24. The Morgan fingerprint density at radius 1 is 1.11 bits per heavy atom. The van der Waals surface area contributed by atoms with E-state index >= 15 is 0 Å². The molecule has 0 unspecified atom stereocenters. The molecule has 7 nitrogen and oxygen atoms in total. The summed E-state index contributed by atoms with van der Waals surface area (Å²) in [6, 6.07) is 0.296. The molecule has 2 N–H and O–H groups in total. The summed E-state index contributed by atoms with van der Waals surface area (Å²) in [5.41, 5.74) is -0.876. The van der Waals surface area contributed by atoms with Crippen LogP contribution in [-0.2, 0) is 4.74 Å². The normalized spacial score (nSPS) is 12.1. The van der Waals surface area contributed by atoms with Gasteiger partial charge in [0.2, 0.25) is 0 Å². The average Bonchev–Trinajstić information content (AvgIpc) is 2.38. The fourth-order valence-electron chi connectivity index (χ4n) is 1.67. The number of halogens is 3. The van der Waals surface area contributed by atoms with Crippen LogP contribution in [0.15, 0.2) is 12.1 Å². The van der Waals surface area contributed by atoms with Gasteiger partial charge < -0.3 is 30.2 Å². The van der Waals surface area contributed by atoms with Crippen molar-refractivity contribution in [2.45, 2.75) is 45.4 Å². The van der Waals surface area contributed by atoms with Crippen LogP contribution >= 0.6 is 0 Å². The van der Waals surface area contributed by atoms with Crippen molar-refractivity contribution in [1.29, 1.82) is 0 Å². The van der Waals surface area contributed by atoms with Crippen molar-refractivity contribution in [2.24, 2.45) is 0 Å². The van der Waals surface area contributed by atoms with E-state index in [1.165, 1.54) is 6.92 Å². The van der Waals surface area contributed by atoms with Gasteiger partial charge in [0.05, 0.1) is 12.1 Å². The maximum atomic E-state index is 13.2. The van der Waals surface area contributed by atoms with Crippen LogP contribution < -0.4 is 118 Å². The molecule has 1 rings (SSSR count). The van der Waals surface area contributed by atoms with Crippen LogP contribution in [0, 0.1) is 17.5 Å². The summed E-state index contributed by atoms with van der Waals surface area (Å²) in [7, 11) is 0. The molecule has 0 radical (unpaired) electrons. The van der Waals surface area contributed by atoms with Crippen LogP contribution in [0.4, 0.5) is 22.8 Å². The molecule has 0 aliphatic carbocycles. The van der Waals surface area contributed by atoms with Gasteiger partial charge in [-0.05, 0) is 51.5 Å². The number of alkyl carbamates (subject to hydrolysis) is 1. The second-order valence-corrected chi connectivity index (χ2v) is 5.91. The van der Waals surface area contributed by atoms with Crippen LogP contribution in [0.25, 0.3) is 0 Å². The number of rotatable bonds is 3. The van der Waals surface area contributed by atoms with E-state index in [1.807, 2.05) is 0 Å². The van der Waals surface area contributed by atoms with Crippen LogP contribution in [0.5, 0.6) is 0 Å². The van der Waals surface area contributed by atoms with E-state index in [0.717, 1.165) is 0 Å². The van der Waals surface area contributed by atoms with Gasteiger partial charge in [0.25, 0.3) is 0 Å². The van der Waals surface area contributed by atoms with Gasteiger partial charge in [-0.25, -0.2) is 18.0 Å². The van der Waals surface area contributed by atoms with Crippen molar-refractivity contribution >= 4 is 12.2 Å². The van der Waals surface area contributed by atoms with Gasteiger partial charge in [0.1, 0.15) is 5.60 Å². The van der Waals surface area contributed by atoms with Gasteiger partial charge in [-0.15, -0.1) is 0 Å². The number of carbonyl (C=O) groups excluding carboxylic acids is 2. The Bertz CT molecular complexity index is 599. The zero-order valence-corrected chi connectivity index (χ0v) is 22.2. The first-order valence-corrected chi connectivity index (χ1v) is 6.94. The summed E-state index contributed by atoms with van der Waals surface area (Å²) in [5.74, 6) is -4.41. The van der Waals surface area contributed by atoms with E-state index < -0.39 is 47.4 Å². The Kier molecular flexibility index (Phi) is 17.7. The number of carboxylic acid groups (broad SMARTS) is 2. The van der Waals surface area contributed by atoms with Crippen LogP contribution in [0.2, 0.25) is 0 Å². The van der Waals surface area contributed by atoms with E-state index in [2.05, 4.69) is 5.32 Å². The second kappa shape index (κ2) is 14.7. The number of amides is 1. The molecule has 1 amide bonds. The molecule has 0 aliphatic rings. The maximum Gasteiger partial charge on any atom is 1.00 e. The number of ether oxygens (including phenoxy) is 1. The van der Waals surface area contributed by atoms with E-state index in [4.69, 9.17) is 19.7 Å². The molecule has 1 aromatic carbocycles. The Labute approximate surface area is 239 Å². The molecule has 27 heavy (non-hydrogen) atoms. The molecule has 2 atom stereocenters. The van der Waals surface area contributed by atoms with Crippen LogP contribution in [-0.4, -0.2) is 29.1 Å². The first kappa shape index (κ1) is 32.4. The number of aliphatic hydroxyl groups excluding tert-OH is 1. The summed E-state index contributed by atoms with van der Waals surface area (Å²) in [6.07, 6.45) is -4.36. The number of benzene rings is 1.